The van der Waals surface area contributed by atoms with E-state index in [0.717, 1.165) is 11.3 Å². The monoisotopic (exact) mass is 291 g/mol. The molecule has 4 nitrogen and oxygen atoms in total. The number of benzene rings is 1. The van der Waals surface area contributed by atoms with E-state index in [4.69, 9.17) is 11.6 Å². The zero-order valence-electron chi connectivity index (χ0n) is 10.5. The topological polar surface area (TPSA) is 46.1 Å². The highest BCUT2D eigenvalue weighted by atomic mass is 35.5. The zero-order valence-corrected chi connectivity index (χ0v) is 11.3. The SMILES string of the molecule is O=C(c1c(F)cccc1Cl)N1CCc2ncncc2C1. The van der Waals surface area contributed by atoms with Gasteiger partial charge in [0.2, 0.25) is 0 Å². The van der Waals surface area contributed by atoms with Crippen molar-refractivity contribution in [2.24, 2.45) is 0 Å². The number of fused-ring (bicyclic) bond motifs is 1. The van der Waals surface area contributed by atoms with Crippen LogP contribution in [0.5, 0.6) is 0 Å². The van der Waals surface area contributed by atoms with E-state index >= 15 is 0 Å². The number of carbonyl (C=O) groups excluding carboxylic acids is 1. The van der Waals surface area contributed by atoms with E-state index in [1.54, 1.807) is 11.1 Å². The molecule has 0 unspecified atom stereocenters. The van der Waals surface area contributed by atoms with Gasteiger partial charge in [0.25, 0.3) is 5.91 Å². The Bertz CT molecular complexity index is 657. The number of aromatic nitrogens is 2. The predicted octanol–water partition coefficient (Wildman–Crippen LogP) is 2.47. The minimum Gasteiger partial charge on any atom is -0.334 e. The van der Waals surface area contributed by atoms with Crippen LogP contribution in [-0.2, 0) is 13.0 Å². The minimum absolute atomic E-state index is 0.0746. The van der Waals surface area contributed by atoms with Crippen LogP contribution in [0.2, 0.25) is 5.02 Å². The fraction of sp³-hybridized carbons (Fsp3) is 0.214. The molecule has 6 heteroatoms. The lowest BCUT2D eigenvalue weighted by Crippen LogP contribution is -2.37. The molecule has 1 aliphatic rings. The van der Waals surface area contributed by atoms with Crippen molar-refractivity contribution in [2.75, 3.05) is 6.54 Å². The van der Waals surface area contributed by atoms with Crippen LogP contribution in [0.25, 0.3) is 0 Å². The standard InChI is InChI=1S/C14H11ClFN3O/c15-10-2-1-3-11(16)13(10)14(20)19-5-4-12-9(7-19)6-17-8-18-12/h1-3,6,8H,4-5,7H2. The number of hydrogen-bond acceptors (Lipinski definition) is 3. The summed E-state index contributed by atoms with van der Waals surface area (Å²) >= 11 is 5.93. The maximum atomic E-state index is 13.8. The summed E-state index contributed by atoms with van der Waals surface area (Å²) in [5.74, 6) is -1.000. The zero-order chi connectivity index (χ0) is 14.1. The first-order valence-electron chi connectivity index (χ1n) is 6.18. The molecule has 1 aromatic heterocycles. The van der Waals surface area contributed by atoms with Gasteiger partial charge in [-0.15, -0.1) is 0 Å². The summed E-state index contributed by atoms with van der Waals surface area (Å²) in [5, 5.41) is 0.130. The maximum Gasteiger partial charge on any atom is 0.258 e. The van der Waals surface area contributed by atoms with Gasteiger partial charge in [0.05, 0.1) is 16.3 Å². The van der Waals surface area contributed by atoms with Crippen molar-refractivity contribution in [1.82, 2.24) is 14.9 Å². The van der Waals surface area contributed by atoms with Crippen molar-refractivity contribution in [1.29, 1.82) is 0 Å². The van der Waals surface area contributed by atoms with Gasteiger partial charge in [0, 0.05) is 31.3 Å². The highest BCUT2D eigenvalue weighted by Crippen LogP contribution is 2.24. The second kappa shape index (κ2) is 5.17. The summed E-state index contributed by atoms with van der Waals surface area (Å²) in [6, 6.07) is 4.23. The van der Waals surface area contributed by atoms with Gasteiger partial charge in [0.1, 0.15) is 12.1 Å². The molecular formula is C14H11ClFN3O. The van der Waals surface area contributed by atoms with Crippen molar-refractivity contribution in [3.8, 4) is 0 Å². The van der Waals surface area contributed by atoms with Crippen LogP contribution in [0.1, 0.15) is 21.6 Å². The van der Waals surface area contributed by atoms with Crippen molar-refractivity contribution in [3.05, 3.63) is 58.4 Å². The van der Waals surface area contributed by atoms with E-state index in [0.29, 0.717) is 19.5 Å². The van der Waals surface area contributed by atoms with Crippen LogP contribution in [0.15, 0.2) is 30.7 Å². The number of nitrogens with zero attached hydrogens (tertiary/aromatic N) is 3. The molecule has 0 fully saturated rings. The van der Waals surface area contributed by atoms with Gasteiger partial charge in [-0.2, -0.15) is 0 Å². The first-order valence-corrected chi connectivity index (χ1v) is 6.55. The second-order valence-corrected chi connectivity index (χ2v) is 4.98. The lowest BCUT2D eigenvalue weighted by Gasteiger charge is -2.28. The Morgan fingerprint density at radius 3 is 3.05 bits per heavy atom. The molecule has 0 bridgehead atoms. The fourth-order valence-corrected chi connectivity index (χ4v) is 2.54. The van der Waals surface area contributed by atoms with Crippen LogP contribution in [-0.4, -0.2) is 27.3 Å². The quantitative estimate of drug-likeness (QED) is 0.811. The predicted molar refractivity (Wildman–Crippen MR) is 71.9 cm³/mol. The van der Waals surface area contributed by atoms with E-state index in [1.165, 1.54) is 24.5 Å². The number of halogens is 2. The Labute approximate surface area is 120 Å². The van der Waals surface area contributed by atoms with Gasteiger partial charge in [0.15, 0.2) is 0 Å². The molecule has 1 aliphatic heterocycles. The van der Waals surface area contributed by atoms with Crippen molar-refractivity contribution < 1.29 is 9.18 Å². The average Bonchev–Trinajstić information content (AvgIpc) is 2.46. The van der Waals surface area contributed by atoms with E-state index in [-0.39, 0.29) is 10.6 Å². The van der Waals surface area contributed by atoms with Crippen molar-refractivity contribution in [2.45, 2.75) is 13.0 Å². The van der Waals surface area contributed by atoms with Crippen molar-refractivity contribution in [3.63, 3.8) is 0 Å². The van der Waals surface area contributed by atoms with Crippen LogP contribution in [0, 0.1) is 5.82 Å². The summed E-state index contributed by atoms with van der Waals surface area (Å²) in [4.78, 5) is 22.1. The van der Waals surface area contributed by atoms with Gasteiger partial charge < -0.3 is 4.90 Å². The van der Waals surface area contributed by atoms with Gasteiger partial charge in [-0.3, -0.25) is 4.79 Å². The first-order chi connectivity index (χ1) is 9.66. The summed E-state index contributed by atoms with van der Waals surface area (Å²) in [6.07, 6.45) is 3.81. The van der Waals surface area contributed by atoms with E-state index < -0.39 is 11.7 Å². The molecule has 0 aliphatic carbocycles. The molecule has 20 heavy (non-hydrogen) atoms. The second-order valence-electron chi connectivity index (χ2n) is 4.57. The van der Waals surface area contributed by atoms with Crippen molar-refractivity contribution >= 4 is 17.5 Å². The third kappa shape index (κ3) is 2.25. The molecule has 1 aromatic carbocycles. The molecule has 0 N–H and O–H groups in total. The summed E-state index contributed by atoms with van der Waals surface area (Å²) in [6.45, 7) is 0.868. The smallest absolute Gasteiger partial charge is 0.258 e. The molecule has 3 rings (SSSR count). The first kappa shape index (κ1) is 13.0. The fourth-order valence-electron chi connectivity index (χ4n) is 2.30. The molecule has 2 heterocycles. The highest BCUT2D eigenvalue weighted by Gasteiger charge is 2.26. The van der Waals surface area contributed by atoms with Crippen LogP contribution in [0.3, 0.4) is 0 Å². The largest absolute Gasteiger partial charge is 0.334 e. The number of amides is 1. The molecule has 0 spiro atoms. The molecule has 2 aromatic rings. The molecule has 0 saturated carbocycles. The Kier molecular flexibility index (Phi) is 3.36. The Morgan fingerprint density at radius 1 is 1.40 bits per heavy atom. The minimum atomic E-state index is -0.599. The van der Waals surface area contributed by atoms with E-state index in [9.17, 15) is 9.18 Å². The molecule has 0 saturated heterocycles. The van der Waals surface area contributed by atoms with Crippen LogP contribution in [0.4, 0.5) is 4.39 Å². The van der Waals surface area contributed by atoms with Crippen LogP contribution < -0.4 is 0 Å². The third-order valence-corrected chi connectivity index (χ3v) is 3.64. The van der Waals surface area contributed by atoms with E-state index in [1.807, 2.05) is 0 Å². The molecule has 102 valence electrons. The van der Waals surface area contributed by atoms with E-state index in [2.05, 4.69) is 9.97 Å². The van der Waals surface area contributed by atoms with Gasteiger partial charge in [-0.1, -0.05) is 17.7 Å². The number of hydrogen-bond donors (Lipinski definition) is 0. The third-order valence-electron chi connectivity index (χ3n) is 3.32. The molecule has 0 radical (unpaired) electrons. The normalized spacial score (nSPS) is 14.0. The summed E-state index contributed by atoms with van der Waals surface area (Å²) in [5.41, 5.74) is 1.75. The Morgan fingerprint density at radius 2 is 2.25 bits per heavy atom. The lowest BCUT2D eigenvalue weighted by atomic mass is 10.1. The Hall–Kier alpha value is -2.01. The lowest BCUT2D eigenvalue weighted by molar-refractivity contribution is 0.0728. The number of rotatable bonds is 1. The summed E-state index contributed by atoms with van der Waals surface area (Å²) in [7, 11) is 0. The Balaban J connectivity index is 1.90. The maximum absolute atomic E-state index is 13.8. The average molecular weight is 292 g/mol. The molecule has 0 atom stereocenters. The highest BCUT2D eigenvalue weighted by molar-refractivity contribution is 6.33. The van der Waals surface area contributed by atoms with Gasteiger partial charge >= 0.3 is 0 Å². The molecule has 1 amide bonds. The molecular weight excluding hydrogens is 281 g/mol. The summed E-state index contributed by atoms with van der Waals surface area (Å²) < 4.78 is 13.8. The van der Waals surface area contributed by atoms with Crippen LogP contribution >= 0.6 is 11.6 Å². The number of carbonyl (C=O) groups is 1. The van der Waals surface area contributed by atoms with Gasteiger partial charge in [-0.25, -0.2) is 14.4 Å². The van der Waals surface area contributed by atoms with Gasteiger partial charge in [-0.05, 0) is 12.1 Å².